The van der Waals surface area contributed by atoms with Crippen molar-refractivity contribution in [1.29, 1.82) is 0 Å². The predicted molar refractivity (Wildman–Crippen MR) is 78.0 cm³/mol. The van der Waals surface area contributed by atoms with Gasteiger partial charge in [0, 0.05) is 11.8 Å². The van der Waals surface area contributed by atoms with E-state index >= 15 is 0 Å². The van der Waals surface area contributed by atoms with Gasteiger partial charge < -0.3 is 0 Å². The van der Waals surface area contributed by atoms with E-state index in [4.69, 9.17) is 5.14 Å². The number of pyridine rings is 1. The van der Waals surface area contributed by atoms with Crippen LogP contribution in [0.15, 0.2) is 35.4 Å². The molecule has 1 aromatic carbocycles. The molecule has 136 valence electrons. The van der Waals surface area contributed by atoms with Gasteiger partial charge in [-0.1, -0.05) is 0 Å². The Kier molecular flexibility index (Phi) is 4.24. The van der Waals surface area contributed by atoms with Crippen molar-refractivity contribution in [1.82, 2.24) is 14.8 Å². The first-order chi connectivity index (χ1) is 12.1. The van der Waals surface area contributed by atoms with Crippen molar-refractivity contribution in [2.45, 2.75) is 4.90 Å². The second-order valence-corrected chi connectivity index (χ2v) is 6.52. The van der Waals surface area contributed by atoms with Crippen LogP contribution in [-0.4, -0.2) is 23.2 Å². The van der Waals surface area contributed by atoms with Gasteiger partial charge in [-0.05, 0) is 24.3 Å². The van der Waals surface area contributed by atoms with E-state index in [1.807, 2.05) is 0 Å². The summed E-state index contributed by atoms with van der Waals surface area (Å²) in [5.74, 6) is -7.55. The first-order valence-electron chi connectivity index (χ1n) is 6.68. The molecule has 0 atom stereocenters. The maximum atomic E-state index is 14.3. The second kappa shape index (κ2) is 6.14. The molecule has 0 bridgehead atoms. The Morgan fingerprint density at radius 1 is 1.00 bits per heavy atom. The van der Waals surface area contributed by atoms with Crippen LogP contribution in [0, 0.1) is 29.3 Å². The third kappa shape index (κ3) is 2.93. The van der Waals surface area contributed by atoms with Crippen LogP contribution in [0.1, 0.15) is 0 Å². The highest BCUT2D eigenvalue weighted by Gasteiger charge is 2.27. The van der Waals surface area contributed by atoms with Gasteiger partial charge >= 0.3 is 0 Å². The highest BCUT2D eigenvalue weighted by molar-refractivity contribution is 7.89. The number of sulfonamides is 1. The van der Waals surface area contributed by atoms with Crippen LogP contribution in [0.3, 0.4) is 0 Å². The molecule has 3 rings (SSSR count). The zero-order valence-corrected chi connectivity index (χ0v) is 13.2. The number of nitrogens with two attached hydrogens (primary N) is 1. The number of hydrogen-bond acceptors (Lipinski definition) is 4. The second-order valence-electron chi connectivity index (χ2n) is 4.99. The molecule has 0 saturated heterocycles. The van der Waals surface area contributed by atoms with Crippen molar-refractivity contribution in [2.75, 3.05) is 0 Å². The number of nitrogens with zero attached hydrogens (tertiary/aromatic N) is 3. The minimum absolute atomic E-state index is 0.203. The van der Waals surface area contributed by atoms with Gasteiger partial charge in [0.25, 0.3) is 5.95 Å². The molecular formula is C14H7F5N4O2S. The average molecular weight is 390 g/mol. The molecule has 2 heterocycles. The van der Waals surface area contributed by atoms with Crippen molar-refractivity contribution in [3.63, 3.8) is 0 Å². The lowest BCUT2D eigenvalue weighted by atomic mass is 10.1. The number of primary sulfonamides is 1. The van der Waals surface area contributed by atoms with Crippen LogP contribution in [0.2, 0.25) is 0 Å². The van der Waals surface area contributed by atoms with Crippen LogP contribution < -0.4 is 5.14 Å². The van der Waals surface area contributed by atoms with E-state index in [1.54, 1.807) is 0 Å². The van der Waals surface area contributed by atoms with E-state index in [0.717, 1.165) is 12.3 Å². The van der Waals surface area contributed by atoms with Crippen LogP contribution in [0.25, 0.3) is 16.9 Å². The fourth-order valence-electron chi connectivity index (χ4n) is 2.24. The highest BCUT2D eigenvalue weighted by Crippen LogP contribution is 2.32. The molecule has 0 aliphatic carbocycles. The van der Waals surface area contributed by atoms with E-state index < -0.39 is 61.2 Å². The molecule has 0 aliphatic rings. The lowest BCUT2D eigenvalue weighted by Crippen LogP contribution is -2.15. The van der Waals surface area contributed by atoms with E-state index in [-0.39, 0.29) is 6.07 Å². The molecular weight excluding hydrogens is 383 g/mol. The number of hydrogen-bond donors (Lipinski definition) is 1. The maximum Gasteiger partial charge on any atom is 0.269 e. The van der Waals surface area contributed by atoms with Gasteiger partial charge in [-0.15, -0.1) is 5.10 Å². The SMILES string of the molecule is NS(=O)(=O)c1cc(F)c(-c2c(F)c(F)nn2-c2cccnc2F)cc1F. The van der Waals surface area contributed by atoms with Crippen LogP contribution in [0.4, 0.5) is 22.0 Å². The molecule has 3 aromatic rings. The lowest BCUT2D eigenvalue weighted by molar-refractivity contribution is 0.487. The predicted octanol–water partition coefficient (Wildman–Crippen LogP) is 2.28. The molecule has 12 heteroatoms. The third-order valence-corrected chi connectivity index (χ3v) is 4.27. The minimum atomic E-state index is -4.60. The van der Waals surface area contributed by atoms with Crippen molar-refractivity contribution in [3.8, 4) is 16.9 Å². The Morgan fingerprint density at radius 2 is 1.69 bits per heavy atom. The Labute approximate surface area is 142 Å². The van der Waals surface area contributed by atoms with E-state index in [0.29, 0.717) is 10.7 Å². The first kappa shape index (κ1) is 17.9. The molecule has 0 fully saturated rings. The Bertz CT molecular complexity index is 1130. The van der Waals surface area contributed by atoms with Crippen LogP contribution >= 0.6 is 0 Å². The quantitative estimate of drug-likeness (QED) is 0.549. The van der Waals surface area contributed by atoms with Crippen molar-refractivity contribution in [2.24, 2.45) is 5.14 Å². The average Bonchev–Trinajstić information content (AvgIpc) is 2.84. The van der Waals surface area contributed by atoms with Crippen molar-refractivity contribution < 1.29 is 30.4 Å². The summed E-state index contributed by atoms with van der Waals surface area (Å²) in [6.45, 7) is 0. The summed E-state index contributed by atoms with van der Waals surface area (Å²) in [6.07, 6.45) is 1.05. The Hall–Kier alpha value is -2.86. The minimum Gasteiger partial charge on any atom is -0.226 e. The highest BCUT2D eigenvalue weighted by atomic mass is 32.2. The molecule has 0 radical (unpaired) electrons. The molecule has 0 amide bonds. The smallest absolute Gasteiger partial charge is 0.226 e. The van der Waals surface area contributed by atoms with E-state index in [1.165, 1.54) is 6.07 Å². The summed E-state index contributed by atoms with van der Waals surface area (Å²) in [6, 6.07) is 2.76. The van der Waals surface area contributed by atoms with Gasteiger partial charge in [0.15, 0.2) is 0 Å². The molecule has 2 aromatic heterocycles. The number of benzene rings is 1. The summed E-state index contributed by atoms with van der Waals surface area (Å²) >= 11 is 0. The van der Waals surface area contributed by atoms with E-state index in [9.17, 15) is 30.4 Å². The number of aromatic nitrogens is 3. The van der Waals surface area contributed by atoms with Crippen molar-refractivity contribution >= 4 is 10.0 Å². The summed E-state index contributed by atoms with van der Waals surface area (Å²) in [5, 5.41) is 7.87. The summed E-state index contributed by atoms with van der Waals surface area (Å²) in [5.41, 5.74) is -2.40. The molecule has 0 unspecified atom stereocenters. The largest absolute Gasteiger partial charge is 0.269 e. The van der Waals surface area contributed by atoms with Gasteiger partial charge in [0.1, 0.15) is 27.9 Å². The summed E-state index contributed by atoms with van der Waals surface area (Å²) in [7, 11) is -4.60. The number of halogens is 5. The van der Waals surface area contributed by atoms with Gasteiger partial charge in [0.05, 0.1) is 0 Å². The Balaban J connectivity index is 2.33. The maximum absolute atomic E-state index is 14.3. The van der Waals surface area contributed by atoms with Crippen LogP contribution in [0.5, 0.6) is 0 Å². The standard InChI is InChI=1S/C14H7F5N4O2S/c15-7-5-10(26(20,24)25)8(16)4-6(7)12-11(17)14(19)22-23(12)9-2-1-3-21-13(9)18/h1-5H,(H2,20,24,25). The third-order valence-electron chi connectivity index (χ3n) is 3.34. The molecule has 2 N–H and O–H groups in total. The van der Waals surface area contributed by atoms with Crippen molar-refractivity contribution in [3.05, 3.63) is 59.8 Å². The monoisotopic (exact) mass is 390 g/mol. The van der Waals surface area contributed by atoms with E-state index in [2.05, 4.69) is 10.1 Å². The normalized spacial score (nSPS) is 11.8. The topological polar surface area (TPSA) is 90.9 Å². The Morgan fingerprint density at radius 3 is 2.31 bits per heavy atom. The fraction of sp³-hybridized carbons (Fsp3) is 0. The molecule has 26 heavy (non-hydrogen) atoms. The van der Waals surface area contributed by atoms with Gasteiger partial charge in [0.2, 0.25) is 21.8 Å². The summed E-state index contributed by atoms with van der Waals surface area (Å²) in [4.78, 5) is 2.10. The first-order valence-corrected chi connectivity index (χ1v) is 8.23. The molecule has 0 spiro atoms. The molecule has 6 nitrogen and oxygen atoms in total. The fourth-order valence-corrected chi connectivity index (χ4v) is 2.84. The van der Waals surface area contributed by atoms with Gasteiger partial charge in [-0.25, -0.2) is 32.0 Å². The zero-order chi connectivity index (χ0) is 19.2. The van der Waals surface area contributed by atoms with Gasteiger partial charge in [-0.2, -0.15) is 13.2 Å². The van der Waals surface area contributed by atoms with Gasteiger partial charge in [-0.3, -0.25) is 0 Å². The summed E-state index contributed by atoms with van der Waals surface area (Å²) < 4.78 is 92.7. The number of rotatable bonds is 3. The molecule has 0 saturated carbocycles. The zero-order valence-electron chi connectivity index (χ0n) is 12.4. The molecule has 0 aliphatic heterocycles. The van der Waals surface area contributed by atoms with Crippen LogP contribution in [-0.2, 0) is 10.0 Å². The lowest BCUT2D eigenvalue weighted by Gasteiger charge is -2.10.